The minimum atomic E-state index is 0.224. The second kappa shape index (κ2) is 6.62. The van der Waals surface area contributed by atoms with Crippen LogP contribution in [0.25, 0.3) is 0 Å². The number of methoxy groups -OCH3 is 1. The number of benzene rings is 1. The summed E-state index contributed by atoms with van der Waals surface area (Å²) in [5.74, 6) is 0.924. The largest absolute Gasteiger partial charge is 0.496 e. The molecule has 1 N–H and O–H groups in total. The Bertz CT molecular complexity index is 350. The second-order valence-corrected chi connectivity index (χ2v) is 4.45. The summed E-state index contributed by atoms with van der Waals surface area (Å²) in [4.78, 5) is 0. The Morgan fingerprint density at radius 1 is 1.29 bits per heavy atom. The highest BCUT2D eigenvalue weighted by Crippen LogP contribution is 2.22. The van der Waals surface area contributed by atoms with Crippen molar-refractivity contribution in [2.45, 2.75) is 32.9 Å². The quantitative estimate of drug-likeness (QED) is 0.825. The van der Waals surface area contributed by atoms with Crippen LogP contribution in [0.2, 0.25) is 0 Å². The molecule has 3 nitrogen and oxygen atoms in total. The number of ether oxygens (including phenoxy) is 2. The Balaban J connectivity index is 2.78. The lowest BCUT2D eigenvalue weighted by molar-refractivity contribution is 0.0626. The monoisotopic (exact) mass is 237 g/mol. The van der Waals surface area contributed by atoms with Gasteiger partial charge in [0.2, 0.25) is 0 Å². The highest BCUT2D eigenvalue weighted by Gasteiger charge is 2.11. The number of nitrogens with one attached hydrogen (secondary N) is 1. The van der Waals surface area contributed by atoms with E-state index in [-0.39, 0.29) is 12.1 Å². The van der Waals surface area contributed by atoms with Crippen molar-refractivity contribution >= 4 is 0 Å². The molecular formula is C14H23NO2. The molecule has 0 amide bonds. The summed E-state index contributed by atoms with van der Waals surface area (Å²) in [6, 6.07) is 6.45. The Morgan fingerprint density at radius 2 is 2.00 bits per heavy atom. The average molecular weight is 237 g/mol. The molecule has 0 aromatic heterocycles. The molecule has 0 heterocycles. The van der Waals surface area contributed by atoms with Gasteiger partial charge in [0.25, 0.3) is 0 Å². The van der Waals surface area contributed by atoms with E-state index in [1.165, 1.54) is 5.56 Å². The first kappa shape index (κ1) is 14.0. The van der Waals surface area contributed by atoms with Crippen molar-refractivity contribution in [3.8, 4) is 5.75 Å². The number of hydrogen-bond acceptors (Lipinski definition) is 3. The molecule has 3 heteroatoms. The van der Waals surface area contributed by atoms with E-state index in [9.17, 15) is 0 Å². The molecule has 0 bridgehead atoms. The van der Waals surface area contributed by atoms with Crippen molar-refractivity contribution in [1.82, 2.24) is 5.32 Å². The maximum atomic E-state index is 5.65. The zero-order chi connectivity index (χ0) is 12.8. The number of aryl methyl sites for hydroxylation is 1. The third-order valence-corrected chi connectivity index (χ3v) is 2.77. The lowest BCUT2D eigenvalue weighted by atomic mass is 10.0. The third kappa shape index (κ3) is 4.02. The fourth-order valence-corrected chi connectivity index (χ4v) is 1.75. The molecule has 0 saturated heterocycles. The summed E-state index contributed by atoms with van der Waals surface area (Å²) in [6.45, 7) is 6.83. The highest BCUT2D eigenvalue weighted by molar-refractivity contribution is 5.37. The van der Waals surface area contributed by atoms with Gasteiger partial charge in [-0.1, -0.05) is 12.1 Å². The molecule has 0 aliphatic carbocycles. The van der Waals surface area contributed by atoms with Gasteiger partial charge in [-0.15, -0.1) is 0 Å². The predicted octanol–water partition coefficient (Wildman–Crippen LogP) is 2.69. The summed E-state index contributed by atoms with van der Waals surface area (Å²) in [6.07, 6.45) is 0.255. The van der Waals surface area contributed by atoms with Crippen molar-refractivity contribution in [2.24, 2.45) is 0 Å². The summed E-state index contributed by atoms with van der Waals surface area (Å²) >= 11 is 0. The molecule has 1 aromatic rings. The molecule has 0 saturated carbocycles. The molecule has 0 fully saturated rings. The van der Waals surface area contributed by atoms with Crippen LogP contribution < -0.4 is 10.1 Å². The molecule has 1 aromatic carbocycles. The van der Waals surface area contributed by atoms with Gasteiger partial charge in [0.05, 0.1) is 25.9 Å². The molecule has 1 rings (SSSR count). The van der Waals surface area contributed by atoms with Crippen molar-refractivity contribution in [3.05, 3.63) is 29.3 Å². The topological polar surface area (TPSA) is 30.5 Å². The Labute approximate surface area is 104 Å². The zero-order valence-electron chi connectivity index (χ0n) is 11.4. The van der Waals surface area contributed by atoms with Gasteiger partial charge in [-0.2, -0.15) is 0 Å². The molecule has 1 unspecified atom stereocenters. The summed E-state index contributed by atoms with van der Waals surface area (Å²) < 4.78 is 10.9. The van der Waals surface area contributed by atoms with E-state index in [1.54, 1.807) is 7.11 Å². The van der Waals surface area contributed by atoms with E-state index in [0.29, 0.717) is 6.61 Å². The lowest BCUT2D eigenvalue weighted by Crippen LogP contribution is -2.23. The van der Waals surface area contributed by atoms with Crippen LogP contribution in [0, 0.1) is 6.92 Å². The number of likely N-dealkylation sites (N-methyl/N-ethyl adjacent to an activating group) is 1. The fourth-order valence-electron chi connectivity index (χ4n) is 1.75. The predicted molar refractivity (Wildman–Crippen MR) is 70.6 cm³/mol. The van der Waals surface area contributed by atoms with E-state index in [0.717, 1.165) is 11.3 Å². The van der Waals surface area contributed by atoms with Gasteiger partial charge in [0.1, 0.15) is 5.75 Å². The zero-order valence-corrected chi connectivity index (χ0v) is 11.4. The van der Waals surface area contributed by atoms with Crippen LogP contribution in [0.1, 0.15) is 31.0 Å². The van der Waals surface area contributed by atoms with Crippen LogP contribution in [0.5, 0.6) is 5.75 Å². The van der Waals surface area contributed by atoms with Crippen LogP contribution in [0.15, 0.2) is 18.2 Å². The summed E-state index contributed by atoms with van der Waals surface area (Å²) in [5.41, 5.74) is 2.38. The Morgan fingerprint density at radius 3 is 2.47 bits per heavy atom. The summed E-state index contributed by atoms with van der Waals surface area (Å²) in [5, 5.41) is 3.27. The molecule has 96 valence electrons. The first-order valence-corrected chi connectivity index (χ1v) is 6.02. The Hall–Kier alpha value is -1.06. The van der Waals surface area contributed by atoms with E-state index >= 15 is 0 Å². The van der Waals surface area contributed by atoms with Gasteiger partial charge < -0.3 is 14.8 Å². The van der Waals surface area contributed by atoms with Crippen molar-refractivity contribution in [1.29, 1.82) is 0 Å². The van der Waals surface area contributed by atoms with Gasteiger partial charge in [-0.3, -0.25) is 0 Å². The van der Waals surface area contributed by atoms with Crippen molar-refractivity contribution < 1.29 is 9.47 Å². The molecule has 0 aliphatic heterocycles. The van der Waals surface area contributed by atoms with Gasteiger partial charge in [0, 0.05) is 0 Å². The average Bonchev–Trinajstić information content (AvgIpc) is 2.29. The minimum Gasteiger partial charge on any atom is -0.496 e. The van der Waals surface area contributed by atoms with Crippen LogP contribution in [-0.2, 0) is 4.74 Å². The standard InChI is InChI=1S/C14H23NO2/c1-10(2)17-9-13(15-4)12-6-7-14(16-5)11(3)8-12/h6-8,10,13,15H,9H2,1-5H3. The van der Waals surface area contributed by atoms with Crippen LogP contribution in [-0.4, -0.2) is 26.9 Å². The summed E-state index contributed by atoms with van der Waals surface area (Å²) in [7, 11) is 3.65. The van der Waals surface area contributed by atoms with Gasteiger partial charge in [0.15, 0.2) is 0 Å². The van der Waals surface area contributed by atoms with E-state index in [1.807, 2.05) is 27.0 Å². The van der Waals surface area contributed by atoms with Crippen LogP contribution in [0.3, 0.4) is 0 Å². The maximum absolute atomic E-state index is 5.65. The minimum absolute atomic E-state index is 0.224. The molecule has 0 spiro atoms. The molecule has 0 radical (unpaired) electrons. The first-order valence-electron chi connectivity index (χ1n) is 6.02. The Kier molecular flexibility index (Phi) is 5.45. The highest BCUT2D eigenvalue weighted by atomic mass is 16.5. The smallest absolute Gasteiger partial charge is 0.121 e. The van der Waals surface area contributed by atoms with Crippen LogP contribution in [0.4, 0.5) is 0 Å². The molecule has 1 atom stereocenters. The molecule has 0 aliphatic rings. The van der Waals surface area contributed by atoms with Gasteiger partial charge >= 0.3 is 0 Å². The van der Waals surface area contributed by atoms with Gasteiger partial charge in [-0.25, -0.2) is 0 Å². The normalized spacial score (nSPS) is 12.8. The number of hydrogen-bond donors (Lipinski definition) is 1. The number of rotatable bonds is 6. The lowest BCUT2D eigenvalue weighted by Gasteiger charge is -2.19. The molecule has 17 heavy (non-hydrogen) atoms. The SMILES string of the molecule is CNC(COC(C)C)c1ccc(OC)c(C)c1. The first-order chi connectivity index (χ1) is 8.08. The fraction of sp³-hybridized carbons (Fsp3) is 0.571. The second-order valence-electron chi connectivity index (χ2n) is 4.45. The maximum Gasteiger partial charge on any atom is 0.121 e. The van der Waals surface area contributed by atoms with E-state index in [2.05, 4.69) is 24.4 Å². The van der Waals surface area contributed by atoms with E-state index in [4.69, 9.17) is 9.47 Å². The van der Waals surface area contributed by atoms with Crippen molar-refractivity contribution in [3.63, 3.8) is 0 Å². The van der Waals surface area contributed by atoms with E-state index < -0.39 is 0 Å². The molecular weight excluding hydrogens is 214 g/mol. The third-order valence-electron chi connectivity index (χ3n) is 2.77. The van der Waals surface area contributed by atoms with Crippen molar-refractivity contribution in [2.75, 3.05) is 20.8 Å². The van der Waals surface area contributed by atoms with Gasteiger partial charge in [-0.05, 0) is 45.0 Å². The van der Waals surface area contributed by atoms with Crippen LogP contribution >= 0.6 is 0 Å².